The van der Waals surface area contributed by atoms with Gasteiger partial charge in [-0.3, -0.25) is 4.79 Å². The first-order chi connectivity index (χ1) is 6.50. The molecule has 1 aromatic rings. The maximum Gasteiger partial charge on any atom is 0.242 e. The number of carbonyl (C=O) groups is 1. The summed E-state index contributed by atoms with van der Waals surface area (Å²) in [6.45, 7) is 3.52. The van der Waals surface area contributed by atoms with Crippen LogP contribution in [0.5, 0.6) is 0 Å². The number of carbonyl (C=O) groups excluding carboxylic acids is 1. The number of nitrogens with one attached hydrogen (secondary N) is 1. The van der Waals surface area contributed by atoms with Gasteiger partial charge in [-0.2, -0.15) is 0 Å². The van der Waals surface area contributed by atoms with Crippen LogP contribution in [0, 0.1) is 6.92 Å². The molecule has 0 heterocycles. The van der Waals surface area contributed by atoms with Gasteiger partial charge >= 0.3 is 0 Å². The second-order valence-electron chi connectivity index (χ2n) is 3.07. The zero-order chi connectivity index (χ0) is 10.7. The third-order valence-electron chi connectivity index (χ3n) is 1.80. The number of anilines is 1. The van der Waals surface area contributed by atoms with Crippen molar-refractivity contribution in [2.24, 2.45) is 0 Å². The molecule has 1 amide bonds. The minimum absolute atomic E-state index is 0.230. The maximum absolute atomic E-state index is 11.2. The maximum atomic E-state index is 11.2. The molecule has 0 bridgehead atoms. The number of halogens is 2. The van der Waals surface area contributed by atoms with E-state index in [0.29, 0.717) is 10.7 Å². The Morgan fingerprint density at radius 3 is 2.64 bits per heavy atom. The molecule has 0 radical (unpaired) electrons. The monoisotopic (exact) mass is 231 g/mol. The van der Waals surface area contributed by atoms with Crippen LogP contribution in [0.4, 0.5) is 5.69 Å². The Kier molecular flexibility index (Phi) is 3.78. The van der Waals surface area contributed by atoms with E-state index >= 15 is 0 Å². The Labute approximate surface area is 93.2 Å². The minimum Gasteiger partial charge on any atom is -0.325 e. The second-order valence-corrected chi connectivity index (χ2v) is 4.13. The van der Waals surface area contributed by atoms with E-state index in [1.807, 2.05) is 13.0 Å². The molecule has 1 N–H and O–H groups in total. The lowest BCUT2D eigenvalue weighted by Gasteiger charge is -2.07. The van der Waals surface area contributed by atoms with E-state index in [1.165, 1.54) is 0 Å². The fourth-order valence-electron chi connectivity index (χ4n) is 0.912. The Hall–Kier alpha value is -0.730. The molecule has 0 saturated heterocycles. The van der Waals surface area contributed by atoms with Gasteiger partial charge in [0.1, 0.15) is 5.38 Å². The largest absolute Gasteiger partial charge is 0.325 e. The van der Waals surface area contributed by atoms with Gasteiger partial charge in [0.25, 0.3) is 0 Å². The van der Waals surface area contributed by atoms with E-state index in [9.17, 15) is 4.79 Å². The summed E-state index contributed by atoms with van der Waals surface area (Å²) in [6.07, 6.45) is 0. The number of amides is 1. The lowest BCUT2D eigenvalue weighted by molar-refractivity contribution is -0.115. The third-order valence-corrected chi connectivity index (χ3v) is 2.41. The Bertz CT molecular complexity index is 350. The van der Waals surface area contributed by atoms with E-state index in [-0.39, 0.29) is 5.91 Å². The first-order valence-electron chi connectivity index (χ1n) is 4.22. The first kappa shape index (κ1) is 11.3. The van der Waals surface area contributed by atoms with Gasteiger partial charge in [0.2, 0.25) is 5.91 Å². The van der Waals surface area contributed by atoms with Gasteiger partial charge in [-0.05, 0) is 31.5 Å². The van der Waals surface area contributed by atoms with E-state index in [0.717, 1.165) is 5.56 Å². The molecule has 1 rings (SSSR count). The molecule has 0 aliphatic heterocycles. The normalized spacial score (nSPS) is 12.3. The summed E-state index contributed by atoms with van der Waals surface area (Å²) in [7, 11) is 0. The van der Waals surface area contributed by atoms with Crippen molar-refractivity contribution in [1.29, 1.82) is 0 Å². The molecular formula is C10H11Cl2NO. The fourth-order valence-corrected chi connectivity index (χ4v) is 1.15. The highest BCUT2D eigenvalue weighted by molar-refractivity contribution is 6.33. The van der Waals surface area contributed by atoms with Gasteiger partial charge in [0.05, 0.1) is 0 Å². The minimum atomic E-state index is -0.546. The standard InChI is InChI=1S/C10H11Cl2NO/c1-6-3-4-8(5-9(6)12)13-10(14)7(2)11/h3-5,7H,1-2H3,(H,13,14)/t7-/m0/s1. The molecule has 1 aromatic carbocycles. The molecule has 14 heavy (non-hydrogen) atoms. The highest BCUT2D eigenvalue weighted by Crippen LogP contribution is 2.20. The van der Waals surface area contributed by atoms with Crippen LogP contribution in [0.3, 0.4) is 0 Å². The number of rotatable bonds is 2. The summed E-state index contributed by atoms with van der Waals surface area (Å²) >= 11 is 11.5. The van der Waals surface area contributed by atoms with Gasteiger partial charge in [-0.15, -0.1) is 11.6 Å². The van der Waals surface area contributed by atoms with Crippen LogP contribution in [-0.2, 0) is 4.79 Å². The lowest BCUT2D eigenvalue weighted by Crippen LogP contribution is -2.20. The van der Waals surface area contributed by atoms with Crippen LogP contribution in [-0.4, -0.2) is 11.3 Å². The van der Waals surface area contributed by atoms with Gasteiger partial charge in [-0.1, -0.05) is 17.7 Å². The molecule has 1 atom stereocenters. The molecule has 0 aliphatic carbocycles. The van der Waals surface area contributed by atoms with Gasteiger partial charge in [0, 0.05) is 10.7 Å². The van der Waals surface area contributed by atoms with Gasteiger partial charge in [0.15, 0.2) is 0 Å². The quantitative estimate of drug-likeness (QED) is 0.779. The van der Waals surface area contributed by atoms with Crippen LogP contribution < -0.4 is 5.32 Å². The summed E-state index contributed by atoms with van der Waals surface area (Å²) in [6, 6.07) is 5.34. The third kappa shape index (κ3) is 2.89. The van der Waals surface area contributed by atoms with Crippen LogP contribution in [0.25, 0.3) is 0 Å². The SMILES string of the molecule is Cc1ccc(NC(=O)[C@H](C)Cl)cc1Cl. The van der Waals surface area contributed by atoms with E-state index in [2.05, 4.69) is 5.32 Å². The average molecular weight is 232 g/mol. The molecule has 76 valence electrons. The predicted octanol–water partition coefficient (Wildman–Crippen LogP) is 3.21. The van der Waals surface area contributed by atoms with Crippen molar-refractivity contribution in [2.75, 3.05) is 5.32 Å². The van der Waals surface area contributed by atoms with Crippen LogP contribution in [0.15, 0.2) is 18.2 Å². The van der Waals surface area contributed by atoms with Gasteiger partial charge in [-0.25, -0.2) is 0 Å². The summed E-state index contributed by atoms with van der Waals surface area (Å²) in [5.74, 6) is -0.230. The topological polar surface area (TPSA) is 29.1 Å². The summed E-state index contributed by atoms with van der Waals surface area (Å²) in [4.78, 5) is 11.2. The second kappa shape index (κ2) is 4.67. The zero-order valence-electron chi connectivity index (χ0n) is 7.97. The number of hydrogen-bond acceptors (Lipinski definition) is 1. The van der Waals surface area contributed by atoms with E-state index in [1.54, 1.807) is 19.1 Å². The zero-order valence-corrected chi connectivity index (χ0v) is 9.49. The summed E-state index contributed by atoms with van der Waals surface area (Å²) in [5.41, 5.74) is 1.64. The van der Waals surface area contributed by atoms with E-state index < -0.39 is 5.38 Å². The Morgan fingerprint density at radius 2 is 2.14 bits per heavy atom. The molecule has 4 heteroatoms. The van der Waals surface area contributed by atoms with Crippen molar-refractivity contribution in [1.82, 2.24) is 0 Å². The van der Waals surface area contributed by atoms with Crippen LogP contribution in [0.2, 0.25) is 5.02 Å². The molecule has 0 fully saturated rings. The lowest BCUT2D eigenvalue weighted by atomic mass is 10.2. The molecule has 0 aromatic heterocycles. The first-order valence-corrected chi connectivity index (χ1v) is 5.03. The number of alkyl halides is 1. The predicted molar refractivity (Wildman–Crippen MR) is 60.1 cm³/mol. The van der Waals surface area contributed by atoms with Crippen molar-refractivity contribution < 1.29 is 4.79 Å². The van der Waals surface area contributed by atoms with Crippen molar-refractivity contribution >= 4 is 34.8 Å². The fraction of sp³-hybridized carbons (Fsp3) is 0.300. The average Bonchev–Trinajstić information content (AvgIpc) is 2.11. The van der Waals surface area contributed by atoms with Crippen molar-refractivity contribution in [3.63, 3.8) is 0 Å². The highest BCUT2D eigenvalue weighted by Gasteiger charge is 2.09. The number of aryl methyl sites for hydroxylation is 1. The molecule has 0 aliphatic rings. The molecule has 0 saturated carbocycles. The van der Waals surface area contributed by atoms with Crippen LogP contribution >= 0.6 is 23.2 Å². The van der Waals surface area contributed by atoms with Gasteiger partial charge < -0.3 is 5.32 Å². The molecular weight excluding hydrogens is 221 g/mol. The Morgan fingerprint density at radius 1 is 1.50 bits per heavy atom. The molecule has 0 unspecified atom stereocenters. The Balaban J connectivity index is 2.78. The molecule has 2 nitrogen and oxygen atoms in total. The van der Waals surface area contributed by atoms with Crippen LogP contribution in [0.1, 0.15) is 12.5 Å². The summed E-state index contributed by atoms with van der Waals surface area (Å²) < 4.78 is 0. The highest BCUT2D eigenvalue weighted by atomic mass is 35.5. The number of hydrogen-bond donors (Lipinski definition) is 1. The van der Waals surface area contributed by atoms with E-state index in [4.69, 9.17) is 23.2 Å². The number of benzene rings is 1. The van der Waals surface area contributed by atoms with Crippen molar-refractivity contribution in [2.45, 2.75) is 19.2 Å². The van der Waals surface area contributed by atoms with Crippen molar-refractivity contribution in [3.05, 3.63) is 28.8 Å². The van der Waals surface area contributed by atoms with Crippen molar-refractivity contribution in [3.8, 4) is 0 Å². The molecule has 0 spiro atoms. The summed E-state index contributed by atoms with van der Waals surface area (Å²) in [5, 5.41) is 2.74. The smallest absolute Gasteiger partial charge is 0.242 e.